The number of rotatable bonds is 2. The van der Waals surface area contributed by atoms with Gasteiger partial charge in [-0.1, -0.05) is 13.0 Å². The van der Waals surface area contributed by atoms with Gasteiger partial charge in [-0.2, -0.15) is 0 Å². The van der Waals surface area contributed by atoms with E-state index in [1.54, 1.807) is 6.08 Å². The molecule has 0 bridgehead atoms. The minimum atomic E-state index is 0.212. The first kappa shape index (κ1) is 5.70. The van der Waals surface area contributed by atoms with Crippen molar-refractivity contribution in [3.8, 4) is 0 Å². The minimum Gasteiger partial charge on any atom is -0.396 e. The molecule has 0 rings (SSSR count). The molecule has 0 aliphatic carbocycles. The summed E-state index contributed by atoms with van der Waals surface area (Å²) in [7, 11) is 0. The Morgan fingerprint density at radius 3 is 2.50 bits per heavy atom. The average molecular weight is 86.1 g/mol. The van der Waals surface area contributed by atoms with Gasteiger partial charge < -0.3 is 5.11 Å². The number of hydrogen-bond donors (Lipinski definition) is 1. The van der Waals surface area contributed by atoms with Crippen LogP contribution in [0.15, 0.2) is 12.7 Å². The molecular formula is C5H10O. The maximum absolute atomic E-state index is 8.26. The molecule has 0 radical (unpaired) electrons. The van der Waals surface area contributed by atoms with Gasteiger partial charge >= 0.3 is 0 Å². The summed E-state index contributed by atoms with van der Waals surface area (Å²) < 4.78 is 0. The van der Waals surface area contributed by atoms with Crippen LogP contribution in [0.5, 0.6) is 0 Å². The zero-order valence-electron chi connectivity index (χ0n) is 4.02. The molecule has 0 aromatic heterocycles. The third-order valence-electron chi connectivity index (χ3n) is 0.690. The summed E-state index contributed by atoms with van der Waals surface area (Å²) in [6, 6.07) is 0. The van der Waals surface area contributed by atoms with Crippen LogP contribution in [-0.4, -0.2) is 11.7 Å². The highest BCUT2D eigenvalue weighted by atomic mass is 16.3. The fraction of sp³-hybridized carbons (Fsp3) is 0.600. The quantitative estimate of drug-likeness (QED) is 0.493. The second-order valence-corrected chi connectivity index (χ2v) is 1.40. The highest BCUT2D eigenvalue weighted by Crippen LogP contribution is 1.89. The van der Waals surface area contributed by atoms with Crippen molar-refractivity contribution in [2.75, 3.05) is 6.61 Å². The van der Waals surface area contributed by atoms with Gasteiger partial charge in [0.1, 0.15) is 0 Å². The zero-order valence-corrected chi connectivity index (χ0v) is 4.02. The van der Waals surface area contributed by atoms with E-state index in [4.69, 9.17) is 5.11 Å². The second kappa shape index (κ2) is 2.91. The molecule has 0 aliphatic heterocycles. The molecule has 0 saturated carbocycles. The summed E-state index contributed by atoms with van der Waals surface area (Å²) in [4.78, 5) is 0. The maximum Gasteiger partial charge on any atom is 0.0491 e. The number of aliphatic hydroxyl groups excluding tert-OH is 1. The molecule has 0 spiro atoms. The van der Waals surface area contributed by atoms with Crippen molar-refractivity contribution >= 4 is 0 Å². The third kappa shape index (κ3) is 1.97. The summed E-state index contributed by atoms with van der Waals surface area (Å²) >= 11 is 0. The monoisotopic (exact) mass is 86.1 g/mol. The first-order valence-corrected chi connectivity index (χ1v) is 2.04. The Bertz CT molecular complexity index is 41.2. The van der Waals surface area contributed by atoms with E-state index in [2.05, 4.69) is 6.58 Å². The molecule has 0 aliphatic rings. The molecule has 0 aromatic rings. The van der Waals surface area contributed by atoms with Gasteiger partial charge in [0.2, 0.25) is 0 Å². The van der Waals surface area contributed by atoms with E-state index < -0.39 is 0 Å². The van der Waals surface area contributed by atoms with Gasteiger partial charge in [0, 0.05) is 6.61 Å². The van der Waals surface area contributed by atoms with Crippen LogP contribution in [0.25, 0.3) is 0 Å². The van der Waals surface area contributed by atoms with Gasteiger partial charge in [-0.25, -0.2) is 0 Å². The summed E-state index contributed by atoms with van der Waals surface area (Å²) in [5.41, 5.74) is 0. The molecule has 0 heterocycles. The largest absolute Gasteiger partial charge is 0.396 e. The maximum atomic E-state index is 8.26. The van der Waals surface area contributed by atoms with Crippen molar-refractivity contribution < 1.29 is 5.11 Å². The molecule has 1 atom stereocenters. The van der Waals surface area contributed by atoms with Crippen LogP contribution in [0.4, 0.5) is 0 Å². The van der Waals surface area contributed by atoms with Crippen LogP contribution >= 0.6 is 0 Å². The van der Waals surface area contributed by atoms with E-state index in [1.165, 1.54) is 0 Å². The molecule has 0 saturated heterocycles. The Kier molecular flexibility index (Phi) is 2.77. The standard InChI is InChI=1S/C5H10O/c1-3-5(2)4-6/h3,5-6H,1,4H2,2H3/t5-/m1/s1. The third-order valence-corrected chi connectivity index (χ3v) is 0.690. The predicted octanol–water partition coefficient (Wildman–Crippen LogP) is 0.801. The Morgan fingerprint density at radius 1 is 2.00 bits per heavy atom. The van der Waals surface area contributed by atoms with Crippen molar-refractivity contribution in [3.05, 3.63) is 12.7 Å². The van der Waals surface area contributed by atoms with Crippen LogP contribution in [-0.2, 0) is 0 Å². The normalized spacial score (nSPS) is 13.7. The van der Waals surface area contributed by atoms with Crippen LogP contribution in [0.3, 0.4) is 0 Å². The molecule has 1 nitrogen and oxygen atoms in total. The lowest BCUT2D eigenvalue weighted by Crippen LogP contribution is -1.93. The minimum absolute atomic E-state index is 0.212. The molecule has 6 heavy (non-hydrogen) atoms. The molecule has 1 N–H and O–H groups in total. The molecule has 1 heteroatoms. The van der Waals surface area contributed by atoms with E-state index in [0.29, 0.717) is 0 Å². The van der Waals surface area contributed by atoms with E-state index >= 15 is 0 Å². The SMILES string of the molecule is C=C[C@@H](C)CO. The first-order valence-electron chi connectivity index (χ1n) is 2.04. The zero-order chi connectivity index (χ0) is 4.99. The average Bonchev–Trinajstić information content (AvgIpc) is 1.65. The van der Waals surface area contributed by atoms with Gasteiger partial charge in [0.05, 0.1) is 0 Å². The molecule has 0 aromatic carbocycles. The Morgan fingerprint density at radius 2 is 2.50 bits per heavy atom. The first-order chi connectivity index (χ1) is 2.81. The molecule has 0 fully saturated rings. The van der Waals surface area contributed by atoms with Crippen LogP contribution in [0.1, 0.15) is 6.92 Å². The lowest BCUT2D eigenvalue weighted by molar-refractivity contribution is 0.262. The molecule has 36 valence electrons. The fourth-order valence-electron chi connectivity index (χ4n) is 0.0745. The van der Waals surface area contributed by atoms with Gasteiger partial charge in [-0.15, -0.1) is 6.58 Å². The van der Waals surface area contributed by atoms with Crippen molar-refractivity contribution in [2.24, 2.45) is 5.92 Å². The Labute approximate surface area is 38.3 Å². The number of aliphatic hydroxyl groups is 1. The highest BCUT2D eigenvalue weighted by Gasteiger charge is 1.85. The fourth-order valence-corrected chi connectivity index (χ4v) is 0.0745. The molecular weight excluding hydrogens is 76.1 g/mol. The van der Waals surface area contributed by atoms with Crippen LogP contribution < -0.4 is 0 Å². The van der Waals surface area contributed by atoms with Crippen LogP contribution in [0.2, 0.25) is 0 Å². The Balaban J connectivity index is 2.96. The Hall–Kier alpha value is -0.300. The van der Waals surface area contributed by atoms with E-state index in [9.17, 15) is 0 Å². The van der Waals surface area contributed by atoms with Crippen molar-refractivity contribution in [2.45, 2.75) is 6.92 Å². The van der Waals surface area contributed by atoms with E-state index in [1.807, 2.05) is 6.92 Å². The van der Waals surface area contributed by atoms with E-state index in [0.717, 1.165) is 0 Å². The predicted molar refractivity (Wildman–Crippen MR) is 26.4 cm³/mol. The smallest absolute Gasteiger partial charge is 0.0491 e. The summed E-state index contributed by atoms with van der Waals surface area (Å²) in [5.74, 6) is 0.255. The van der Waals surface area contributed by atoms with Gasteiger partial charge in [-0.3, -0.25) is 0 Å². The van der Waals surface area contributed by atoms with Gasteiger partial charge in [0.25, 0.3) is 0 Å². The highest BCUT2D eigenvalue weighted by molar-refractivity contribution is 4.72. The van der Waals surface area contributed by atoms with Crippen molar-refractivity contribution in [3.63, 3.8) is 0 Å². The van der Waals surface area contributed by atoms with Gasteiger partial charge in [0.15, 0.2) is 0 Å². The molecule has 0 unspecified atom stereocenters. The lowest BCUT2D eigenvalue weighted by atomic mass is 10.2. The van der Waals surface area contributed by atoms with E-state index in [-0.39, 0.29) is 12.5 Å². The summed E-state index contributed by atoms with van der Waals surface area (Å²) in [6.07, 6.45) is 1.72. The van der Waals surface area contributed by atoms with Gasteiger partial charge in [-0.05, 0) is 5.92 Å². The van der Waals surface area contributed by atoms with Crippen molar-refractivity contribution in [1.82, 2.24) is 0 Å². The topological polar surface area (TPSA) is 20.2 Å². The summed E-state index contributed by atoms with van der Waals surface area (Å²) in [5, 5.41) is 8.26. The summed E-state index contributed by atoms with van der Waals surface area (Å²) in [6.45, 7) is 5.59. The van der Waals surface area contributed by atoms with Crippen molar-refractivity contribution in [1.29, 1.82) is 0 Å². The lowest BCUT2D eigenvalue weighted by Gasteiger charge is -1.93. The molecule has 0 amide bonds. The second-order valence-electron chi connectivity index (χ2n) is 1.40. The number of hydrogen-bond acceptors (Lipinski definition) is 1. The van der Waals surface area contributed by atoms with Crippen LogP contribution in [0, 0.1) is 5.92 Å².